The number of nitrogens with zero attached hydrogens (tertiary/aromatic N) is 1. The van der Waals surface area contributed by atoms with Crippen molar-refractivity contribution in [1.82, 2.24) is 4.90 Å². The molecule has 114 valence electrons. The fourth-order valence-electron chi connectivity index (χ4n) is 3.42. The van der Waals surface area contributed by atoms with Crippen molar-refractivity contribution in [2.45, 2.75) is 31.7 Å². The third kappa shape index (κ3) is 2.88. The van der Waals surface area contributed by atoms with E-state index in [1.165, 1.54) is 6.07 Å². The van der Waals surface area contributed by atoms with E-state index in [2.05, 4.69) is 4.90 Å². The Morgan fingerprint density at radius 1 is 1.33 bits per heavy atom. The maximum absolute atomic E-state index is 14.0. The van der Waals surface area contributed by atoms with Gasteiger partial charge in [-0.05, 0) is 38.3 Å². The summed E-state index contributed by atoms with van der Waals surface area (Å²) in [6.07, 6.45) is 3.33. The molecule has 1 aromatic carbocycles. The number of rotatable bonds is 2. The Labute approximate surface area is 123 Å². The first-order chi connectivity index (χ1) is 10.2. The standard InChI is InChI=1S/C16H20FNO3/c17-13-6-1-5-12-14(7-3-9-21-15(12)13)18-8-2-4-11(10-18)16(19)20/h1,5-6,11,14H,2-4,7-10H2,(H,19,20). The van der Waals surface area contributed by atoms with Crippen LogP contribution in [0.3, 0.4) is 0 Å². The molecule has 0 radical (unpaired) electrons. The molecule has 0 spiro atoms. The highest BCUT2D eigenvalue weighted by Crippen LogP contribution is 2.38. The van der Waals surface area contributed by atoms with Crippen LogP contribution in [0.4, 0.5) is 4.39 Å². The van der Waals surface area contributed by atoms with E-state index in [4.69, 9.17) is 4.74 Å². The van der Waals surface area contributed by atoms with Gasteiger partial charge in [0.1, 0.15) is 0 Å². The number of aliphatic carboxylic acids is 1. The van der Waals surface area contributed by atoms with E-state index in [0.29, 0.717) is 18.9 Å². The molecule has 2 aliphatic heterocycles. The lowest BCUT2D eigenvalue weighted by molar-refractivity contribution is -0.144. The van der Waals surface area contributed by atoms with Crippen molar-refractivity contribution in [3.63, 3.8) is 0 Å². The van der Waals surface area contributed by atoms with Gasteiger partial charge in [-0.15, -0.1) is 0 Å². The molecular formula is C16H20FNO3. The van der Waals surface area contributed by atoms with Gasteiger partial charge in [0.15, 0.2) is 11.6 Å². The molecule has 0 bridgehead atoms. The summed E-state index contributed by atoms with van der Waals surface area (Å²) in [5.41, 5.74) is 0.860. The predicted octanol–water partition coefficient (Wildman–Crippen LogP) is 2.84. The zero-order valence-electron chi connectivity index (χ0n) is 11.9. The average Bonchev–Trinajstić information content (AvgIpc) is 2.71. The molecule has 1 saturated heterocycles. The fourth-order valence-corrected chi connectivity index (χ4v) is 3.42. The Morgan fingerprint density at radius 3 is 3.00 bits per heavy atom. The van der Waals surface area contributed by atoms with Gasteiger partial charge in [-0.3, -0.25) is 9.69 Å². The number of carboxylic acids is 1. The van der Waals surface area contributed by atoms with Gasteiger partial charge in [-0.1, -0.05) is 12.1 Å². The molecule has 1 N–H and O–H groups in total. The van der Waals surface area contributed by atoms with Crippen LogP contribution in [-0.4, -0.2) is 35.7 Å². The summed E-state index contributed by atoms with van der Waals surface area (Å²) in [5.74, 6) is -1.03. The minimum absolute atomic E-state index is 0.0559. The second-order valence-electron chi connectivity index (χ2n) is 5.84. The predicted molar refractivity (Wildman–Crippen MR) is 75.8 cm³/mol. The summed E-state index contributed by atoms with van der Waals surface area (Å²) in [6.45, 7) is 1.92. The molecule has 5 heteroatoms. The summed E-state index contributed by atoms with van der Waals surface area (Å²) in [5, 5.41) is 9.24. The SMILES string of the molecule is O=C(O)C1CCCN(C2CCCOc3c(F)cccc32)C1. The lowest BCUT2D eigenvalue weighted by atomic mass is 9.93. The molecule has 2 atom stereocenters. The van der Waals surface area contributed by atoms with E-state index in [9.17, 15) is 14.3 Å². The van der Waals surface area contributed by atoms with Gasteiger partial charge >= 0.3 is 5.97 Å². The number of likely N-dealkylation sites (tertiary alicyclic amines) is 1. The molecule has 4 nitrogen and oxygen atoms in total. The van der Waals surface area contributed by atoms with Gasteiger partial charge in [0.25, 0.3) is 0 Å². The second-order valence-corrected chi connectivity index (χ2v) is 5.84. The van der Waals surface area contributed by atoms with Crippen molar-refractivity contribution in [2.75, 3.05) is 19.7 Å². The largest absolute Gasteiger partial charge is 0.490 e. The summed E-state index contributed by atoms with van der Waals surface area (Å²) >= 11 is 0. The van der Waals surface area contributed by atoms with Crippen molar-refractivity contribution in [1.29, 1.82) is 0 Å². The molecule has 3 rings (SSSR count). The third-order valence-electron chi connectivity index (χ3n) is 4.47. The normalized spacial score (nSPS) is 26.5. The number of carboxylic acid groups (broad SMARTS) is 1. The lowest BCUT2D eigenvalue weighted by Crippen LogP contribution is -2.40. The van der Waals surface area contributed by atoms with E-state index in [0.717, 1.165) is 37.8 Å². The molecule has 0 amide bonds. The zero-order chi connectivity index (χ0) is 14.8. The average molecular weight is 293 g/mol. The van der Waals surface area contributed by atoms with Gasteiger partial charge in [0, 0.05) is 18.2 Å². The monoisotopic (exact) mass is 293 g/mol. The highest BCUT2D eigenvalue weighted by Gasteiger charge is 2.33. The maximum Gasteiger partial charge on any atom is 0.307 e. The molecule has 0 aromatic heterocycles. The lowest BCUT2D eigenvalue weighted by Gasteiger charge is -2.37. The Hall–Kier alpha value is -1.62. The summed E-state index contributed by atoms with van der Waals surface area (Å²) in [7, 11) is 0. The van der Waals surface area contributed by atoms with Crippen LogP contribution >= 0.6 is 0 Å². The van der Waals surface area contributed by atoms with E-state index >= 15 is 0 Å². The molecular weight excluding hydrogens is 273 g/mol. The molecule has 0 aliphatic carbocycles. The smallest absolute Gasteiger partial charge is 0.307 e. The first kappa shape index (κ1) is 14.3. The molecule has 21 heavy (non-hydrogen) atoms. The summed E-state index contributed by atoms with van der Waals surface area (Å²) in [4.78, 5) is 13.4. The fraction of sp³-hybridized carbons (Fsp3) is 0.562. The van der Waals surface area contributed by atoms with E-state index in [-0.39, 0.29) is 17.8 Å². The highest BCUT2D eigenvalue weighted by atomic mass is 19.1. The van der Waals surface area contributed by atoms with Gasteiger partial charge in [-0.25, -0.2) is 4.39 Å². The second kappa shape index (κ2) is 6.02. The number of hydrogen-bond acceptors (Lipinski definition) is 3. The summed E-state index contributed by atoms with van der Waals surface area (Å²) in [6, 6.07) is 5.07. The van der Waals surface area contributed by atoms with E-state index in [1.807, 2.05) is 6.07 Å². The Balaban J connectivity index is 1.88. The number of hydrogen-bond donors (Lipinski definition) is 1. The van der Waals surface area contributed by atoms with Crippen molar-refractivity contribution in [2.24, 2.45) is 5.92 Å². The minimum atomic E-state index is -0.732. The van der Waals surface area contributed by atoms with Crippen LogP contribution in [0.2, 0.25) is 0 Å². The minimum Gasteiger partial charge on any atom is -0.490 e. The maximum atomic E-state index is 14.0. The Kier molecular flexibility index (Phi) is 4.10. The Bertz CT molecular complexity index is 534. The molecule has 1 fully saturated rings. The number of benzene rings is 1. The summed E-state index contributed by atoms with van der Waals surface area (Å²) < 4.78 is 19.5. The van der Waals surface area contributed by atoms with Crippen LogP contribution in [0.1, 0.15) is 37.3 Å². The molecule has 1 aromatic rings. The van der Waals surface area contributed by atoms with E-state index in [1.54, 1.807) is 6.07 Å². The molecule has 2 heterocycles. The number of fused-ring (bicyclic) bond motifs is 1. The number of halogens is 1. The molecule has 2 unspecified atom stereocenters. The van der Waals surface area contributed by atoms with Gasteiger partial charge in [-0.2, -0.15) is 0 Å². The number of para-hydroxylation sites is 1. The van der Waals surface area contributed by atoms with Gasteiger partial charge < -0.3 is 9.84 Å². The van der Waals surface area contributed by atoms with Gasteiger partial charge in [0.05, 0.1) is 12.5 Å². The first-order valence-electron chi connectivity index (χ1n) is 7.55. The number of carbonyl (C=O) groups is 1. The van der Waals surface area contributed by atoms with E-state index < -0.39 is 5.97 Å². The highest BCUT2D eigenvalue weighted by molar-refractivity contribution is 5.70. The number of piperidine rings is 1. The van der Waals surface area contributed by atoms with Crippen LogP contribution in [-0.2, 0) is 4.79 Å². The van der Waals surface area contributed by atoms with Crippen LogP contribution in [0, 0.1) is 11.7 Å². The van der Waals surface area contributed by atoms with Crippen molar-refractivity contribution >= 4 is 5.97 Å². The van der Waals surface area contributed by atoms with Crippen LogP contribution in [0.15, 0.2) is 18.2 Å². The quantitative estimate of drug-likeness (QED) is 0.911. The Morgan fingerprint density at radius 2 is 2.19 bits per heavy atom. The number of ether oxygens (including phenoxy) is 1. The molecule has 0 saturated carbocycles. The molecule has 2 aliphatic rings. The van der Waals surface area contributed by atoms with Crippen LogP contribution < -0.4 is 4.74 Å². The van der Waals surface area contributed by atoms with Crippen molar-refractivity contribution < 1.29 is 19.0 Å². The topological polar surface area (TPSA) is 49.8 Å². The van der Waals surface area contributed by atoms with Gasteiger partial charge in [0.2, 0.25) is 0 Å². The van der Waals surface area contributed by atoms with Crippen LogP contribution in [0.5, 0.6) is 5.75 Å². The van der Waals surface area contributed by atoms with Crippen molar-refractivity contribution in [3.05, 3.63) is 29.6 Å². The van der Waals surface area contributed by atoms with Crippen LogP contribution in [0.25, 0.3) is 0 Å². The zero-order valence-corrected chi connectivity index (χ0v) is 11.9. The first-order valence-corrected chi connectivity index (χ1v) is 7.55. The van der Waals surface area contributed by atoms with Crippen molar-refractivity contribution in [3.8, 4) is 5.75 Å². The third-order valence-corrected chi connectivity index (χ3v) is 4.47.